The maximum Gasteiger partial charge on any atom is 0.416 e. The maximum atomic E-state index is 12.5. The molecule has 2 aromatic rings. The van der Waals surface area contributed by atoms with Crippen LogP contribution in [0.25, 0.3) is 11.4 Å². The Hall–Kier alpha value is -1.42. The molecule has 0 aliphatic heterocycles. The van der Waals surface area contributed by atoms with Crippen LogP contribution in [0.1, 0.15) is 11.3 Å². The lowest BCUT2D eigenvalue weighted by Crippen LogP contribution is -2.07. The van der Waals surface area contributed by atoms with Gasteiger partial charge in [0.25, 0.3) is 0 Å². The van der Waals surface area contributed by atoms with Gasteiger partial charge in [-0.3, -0.25) is 0 Å². The van der Waals surface area contributed by atoms with E-state index in [2.05, 4.69) is 9.97 Å². The van der Waals surface area contributed by atoms with Gasteiger partial charge >= 0.3 is 6.18 Å². The Morgan fingerprint density at radius 2 is 1.81 bits per heavy atom. The zero-order valence-electron chi connectivity index (χ0n) is 10.9. The minimum absolute atomic E-state index is 0.249. The first-order valence-electron chi connectivity index (χ1n) is 5.81. The van der Waals surface area contributed by atoms with E-state index in [1.165, 1.54) is 19.2 Å². The molecule has 1 aromatic carbocycles. The second kappa shape index (κ2) is 6.14. The number of anilines is 1. The molecule has 4 nitrogen and oxygen atoms in total. The number of nitrogen functional groups attached to an aromatic ring is 1. The summed E-state index contributed by atoms with van der Waals surface area (Å²) in [4.78, 5) is 8.38. The van der Waals surface area contributed by atoms with Gasteiger partial charge in [-0.2, -0.15) is 13.2 Å². The zero-order chi connectivity index (χ0) is 15.6. The van der Waals surface area contributed by atoms with Crippen molar-refractivity contribution in [3.8, 4) is 11.4 Å². The quantitative estimate of drug-likeness (QED) is 0.789. The molecule has 2 rings (SSSR count). The average molecular weight is 409 g/mol. The van der Waals surface area contributed by atoms with Crippen molar-refractivity contribution >= 4 is 28.4 Å². The van der Waals surface area contributed by atoms with Crippen molar-refractivity contribution in [1.82, 2.24) is 9.97 Å². The van der Waals surface area contributed by atoms with Gasteiger partial charge in [0.05, 0.1) is 21.4 Å². The molecule has 0 saturated carbocycles. The number of hydrogen-bond acceptors (Lipinski definition) is 4. The molecule has 112 valence electrons. The Morgan fingerprint density at radius 3 is 2.33 bits per heavy atom. The number of alkyl halides is 3. The summed E-state index contributed by atoms with van der Waals surface area (Å²) in [5, 5.41) is 0. The monoisotopic (exact) mass is 409 g/mol. The molecule has 0 fully saturated rings. The van der Waals surface area contributed by atoms with E-state index in [1.807, 2.05) is 22.6 Å². The Morgan fingerprint density at radius 1 is 1.19 bits per heavy atom. The normalized spacial score (nSPS) is 11.7. The van der Waals surface area contributed by atoms with Gasteiger partial charge in [-0.25, -0.2) is 9.97 Å². The number of aromatic nitrogens is 2. The Labute approximate surface area is 132 Å². The Balaban J connectivity index is 2.42. The van der Waals surface area contributed by atoms with E-state index in [-0.39, 0.29) is 18.2 Å². The van der Waals surface area contributed by atoms with Gasteiger partial charge in [-0.15, -0.1) is 0 Å². The summed E-state index contributed by atoms with van der Waals surface area (Å²) < 4.78 is 43.3. The molecule has 0 spiro atoms. The highest BCUT2D eigenvalue weighted by Gasteiger charge is 2.30. The second-order valence-corrected chi connectivity index (χ2v) is 5.28. The number of benzene rings is 1. The predicted octanol–water partition coefficient (Wildman–Crippen LogP) is 3.50. The van der Waals surface area contributed by atoms with Gasteiger partial charge in [0.1, 0.15) is 5.82 Å². The van der Waals surface area contributed by atoms with E-state index >= 15 is 0 Å². The van der Waals surface area contributed by atoms with Crippen LogP contribution < -0.4 is 5.73 Å². The molecule has 0 saturated heterocycles. The third-order valence-corrected chi connectivity index (χ3v) is 3.87. The molecule has 8 heteroatoms. The van der Waals surface area contributed by atoms with Crippen LogP contribution in [0.3, 0.4) is 0 Å². The standard InChI is InChI=1S/C13H11F3IN3O/c1-21-6-9-10(17)11(18)20-12(19-9)7-2-4-8(5-3-7)13(14,15)16/h2-5H,6H2,1H3,(H2,18,19,20). The summed E-state index contributed by atoms with van der Waals surface area (Å²) >= 11 is 2.00. The third-order valence-electron chi connectivity index (χ3n) is 2.70. The van der Waals surface area contributed by atoms with Gasteiger partial charge in [-0.05, 0) is 34.7 Å². The fraction of sp³-hybridized carbons (Fsp3) is 0.231. The van der Waals surface area contributed by atoms with Crippen molar-refractivity contribution in [3.05, 3.63) is 39.1 Å². The summed E-state index contributed by atoms with van der Waals surface area (Å²) in [6, 6.07) is 4.62. The smallest absolute Gasteiger partial charge is 0.383 e. The summed E-state index contributed by atoms with van der Waals surface area (Å²) in [6.07, 6.45) is -4.37. The summed E-state index contributed by atoms with van der Waals surface area (Å²) in [7, 11) is 1.52. The first-order valence-corrected chi connectivity index (χ1v) is 6.89. The van der Waals surface area contributed by atoms with Crippen LogP contribution in [-0.4, -0.2) is 17.1 Å². The first kappa shape index (κ1) is 16.0. The number of methoxy groups -OCH3 is 1. The number of rotatable bonds is 3. The molecular weight excluding hydrogens is 398 g/mol. The van der Waals surface area contributed by atoms with E-state index in [0.29, 0.717) is 14.8 Å². The lowest BCUT2D eigenvalue weighted by Gasteiger charge is -2.10. The van der Waals surface area contributed by atoms with Crippen molar-refractivity contribution in [3.63, 3.8) is 0 Å². The maximum absolute atomic E-state index is 12.5. The zero-order valence-corrected chi connectivity index (χ0v) is 13.1. The Kier molecular flexibility index (Phi) is 4.67. The van der Waals surface area contributed by atoms with Crippen molar-refractivity contribution in [2.75, 3.05) is 12.8 Å². The van der Waals surface area contributed by atoms with Crippen LogP contribution in [0.15, 0.2) is 24.3 Å². The van der Waals surface area contributed by atoms with Gasteiger partial charge in [0, 0.05) is 12.7 Å². The lowest BCUT2D eigenvalue weighted by molar-refractivity contribution is -0.137. The number of halogens is 4. The second-order valence-electron chi connectivity index (χ2n) is 4.20. The fourth-order valence-corrected chi connectivity index (χ4v) is 2.08. The highest BCUT2D eigenvalue weighted by Crippen LogP contribution is 2.31. The minimum atomic E-state index is -4.37. The molecule has 1 heterocycles. The molecule has 21 heavy (non-hydrogen) atoms. The SMILES string of the molecule is COCc1nc(-c2ccc(C(F)(F)F)cc2)nc(N)c1I. The first-order chi connectivity index (χ1) is 9.82. The lowest BCUT2D eigenvalue weighted by atomic mass is 10.1. The number of nitrogens with two attached hydrogens (primary N) is 1. The topological polar surface area (TPSA) is 61.0 Å². The molecule has 0 radical (unpaired) electrons. The van der Waals surface area contributed by atoms with Crippen molar-refractivity contribution in [2.45, 2.75) is 12.8 Å². The molecule has 0 amide bonds. The molecular formula is C13H11F3IN3O. The van der Waals surface area contributed by atoms with Gasteiger partial charge in [0.2, 0.25) is 0 Å². The third kappa shape index (κ3) is 3.62. The van der Waals surface area contributed by atoms with E-state index in [1.54, 1.807) is 0 Å². The predicted molar refractivity (Wildman–Crippen MR) is 80.3 cm³/mol. The van der Waals surface area contributed by atoms with Crippen LogP contribution in [0, 0.1) is 3.57 Å². The van der Waals surface area contributed by atoms with Crippen LogP contribution in [-0.2, 0) is 17.5 Å². The molecule has 0 bridgehead atoms. The molecule has 0 unspecified atom stereocenters. The van der Waals surface area contributed by atoms with Gasteiger partial charge in [-0.1, -0.05) is 12.1 Å². The summed E-state index contributed by atoms with van der Waals surface area (Å²) in [5.41, 5.74) is 6.13. The molecule has 0 aliphatic rings. The van der Waals surface area contributed by atoms with Crippen LogP contribution in [0.4, 0.5) is 19.0 Å². The van der Waals surface area contributed by atoms with Crippen LogP contribution in [0.5, 0.6) is 0 Å². The fourth-order valence-electron chi connectivity index (χ4n) is 1.68. The highest BCUT2D eigenvalue weighted by molar-refractivity contribution is 14.1. The van der Waals surface area contributed by atoms with Gasteiger partial charge in [0.15, 0.2) is 5.82 Å². The summed E-state index contributed by atoms with van der Waals surface area (Å²) in [6.45, 7) is 0.249. The van der Waals surface area contributed by atoms with E-state index < -0.39 is 11.7 Å². The summed E-state index contributed by atoms with van der Waals surface area (Å²) in [5.74, 6) is 0.543. The van der Waals surface area contributed by atoms with Gasteiger partial charge < -0.3 is 10.5 Å². The van der Waals surface area contributed by atoms with Crippen molar-refractivity contribution < 1.29 is 17.9 Å². The minimum Gasteiger partial charge on any atom is -0.383 e. The van der Waals surface area contributed by atoms with E-state index in [0.717, 1.165) is 12.1 Å². The van der Waals surface area contributed by atoms with Crippen LogP contribution in [0.2, 0.25) is 0 Å². The molecule has 0 aliphatic carbocycles. The van der Waals surface area contributed by atoms with Crippen molar-refractivity contribution in [1.29, 1.82) is 0 Å². The Bertz CT molecular complexity index is 644. The highest BCUT2D eigenvalue weighted by atomic mass is 127. The largest absolute Gasteiger partial charge is 0.416 e. The van der Waals surface area contributed by atoms with Crippen LogP contribution >= 0.6 is 22.6 Å². The number of hydrogen-bond donors (Lipinski definition) is 1. The molecule has 0 atom stereocenters. The molecule has 1 aromatic heterocycles. The average Bonchev–Trinajstić information content (AvgIpc) is 2.43. The molecule has 2 N–H and O–H groups in total. The number of ether oxygens (including phenoxy) is 1. The van der Waals surface area contributed by atoms with Crippen molar-refractivity contribution in [2.24, 2.45) is 0 Å². The number of nitrogens with zero attached hydrogens (tertiary/aromatic N) is 2. The van der Waals surface area contributed by atoms with E-state index in [4.69, 9.17) is 10.5 Å². The van der Waals surface area contributed by atoms with E-state index in [9.17, 15) is 13.2 Å².